The fourth-order valence-corrected chi connectivity index (χ4v) is 1.72. The van der Waals surface area contributed by atoms with Gasteiger partial charge in [0.05, 0.1) is 11.3 Å². The molecule has 0 radical (unpaired) electrons. The smallest absolute Gasteiger partial charge is 0.354 e. The summed E-state index contributed by atoms with van der Waals surface area (Å²) in [6.45, 7) is 1.57. The van der Waals surface area contributed by atoms with Crippen LogP contribution in [0, 0.1) is 6.92 Å². The number of rotatable bonds is 1. The number of alkyl halides is 3. The molecule has 0 fully saturated rings. The number of pyridine rings is 1. The van der Waals surface area contributed by atoms with Gasteiger partial charge in [-0.05, 0) is 19.1 Å². The van der Waals surface area contributed by atoms with Gasteiger partial charge in [-0.25, -0.2) is 4.98 Å². The number of hydrogen-bond acceptors (Lipinski definition) is 2. The molecule has 0 aliphatic carbocycles. The summed E-state index contributed by atoms with van der Waals surface area (Å²) in [5.74, 6) is -0.473. The molecule has 2 heterocycles. The number of fused-ring (bicyclic) bond motifs is 1. The summed E-state index contributed by atoms with van der Waals surface area (Å²) in [7, 11) is 1.41. The van der Waals surface area contributed by atoms with Gasteiger partial charge in [-0.1, -0.05) is 0 Å². The van der Waals surface area contributed by atoms with E-state index < -0.39 is 17.6 Å². The Morgan fingerprint density at radius 2 is 2.06 bits per heavy atom. The first-order chi connectivity index (χ1) is 8.34. The number of hydrogen-bond donors (Lipinski definition) is 1. The first-order valence-corrected chi connectivity index (χ1v) is 5.12. The molecule has 0 unspecified atom stereocenters. The topological polar surface area (TPSA) is 46.4 Å². The summed E-state index contributed by atoms with van der Waals surface area (Å²) in [4.78, 5) is 15.7. The molecule has 0 spiro atoms. The first-order valence-electron chi connectivity index (χ1n) is 5.12. The number of halogens is 3. The summed E-state index contributed by atoms with van der Waals surface area (Å²) in [6, 6.07) is 2.18. The normalized spacial score (nSPS) is 11.8. The van der Waals surface area contributed by atoms with Crippen LogP contribution in [0.4, 0.5) is 13.2 Å². The van der Waals surface area contributed by atoms with E-state index in [2.05, 4.69) is 10.3 Å². The van der Waals surface area contributed by atoms with Crippen molar-refractivity contribution in [1.82, 2.24) is 14.7 Å². The highest BCUT2D eigenvalue weighted by atomic mass is 19.4. The average Bonchev–Trinajstić information content (AvgIpc) is 2.61. The van der Waals surface area contributed by atoms with Gasteiger partial charge in [0, 0.05) is 13.2 Å². The second kappa shape index (κ2) is 4.01. The van der Waals surface area contributed by atoms with Crippen molar-refractivity contribution in [3.8, 4) is 0 Å². The van der Waals surface area contributed by atoms with Gasteiger partial charge in [-0.15, -0.1) is 0 Å². The lowest BCUT2D eigenvalue weighted by Gasteiger charge is -2.08. The van der Waals surface area contributed by atoms with E-state index in [9.17, 15) is 18.0 Å². The largest absolute Gasteiger partial charge is 0.417 e. The fraction of sp³-hybridized carbons (Fsp3) is 0.273. The second-order valence-corrected chi connectivity index (χ2v) is 3.77. The van der Waals surface area contributed by atoms with Crippen molar-refractivity contribution in [3.63, 3.8) is 0 Å². The maximum absolute atomic E-state index is 12.6. The Hall–Kier alpha value is -2.05. The Morgan fingerprint density at radius 1 is 1.39 bits per heavy atom. The molecule has 0 aromatic carbocycles. The number of nitrogens with one attached hydrogen (secondary N) is 1. The molecule has 0 aliphatic heterocycles. The summed E-state index contributed by atoms with van der Waals surface area (Å²) < 4.78 is 39.0. The molecule has 18 heavy (non-hydrogen) atoms. The van der Waals surface area contributed by atoms with E-state index in [0.717, 1.165) is 16.7 Å². The van der Waals surface area contributed by atoms with Gasteiger partial charge in [0.1, 0.15) is 11.3 Å². The van der Waals surface area contributed by atoms with E-state index in [1.54, 1.807) is 6.92 Å². The molecule has 0 saturated heterocycles. The van der Waals surface area contributed by atoms with Crippen LogP contribution in [0.5, 0.6) is 0 Å². The van der Waals surface area contributed by atoms with E-state index in [4.69, 9.17) is 0 Å². The van der Waals surface area contributed by atoms with Gasteiger partial charge in [0.2, 0.25) is 0 Å². The van der Waals surface area contributed by atoms with E-state index in [1.807, 2.05) is 0 Å². The van der Waals surface area contributed by atoms with Crippen molar-refractivity contribution in [2.45, 2.75) is 13.1 Å². The molecule has 1 N–H and O–H groups in total. The van der Waals surface area contributed by atoms with Gasteiger partial charge in [0.25, 0.3) is 5.91 Å². The minimum absolute atomic E-state index is 0.110. The van der Waals surface area contributed by atoms with Gasteiger partial charge in [-0.3, -0.25) is 9.20 Å². The number of aryl methyl sites for hydroxylation is 1. The Bertz CT molecular complexity index is 616. The van der Waals surface area contributed by atoms with Crippen LogP contribution < -0.4 is 5.32 Å². The summed E-state index contributed by atoms with van der Waals surface area (Å²) in [6.07, 6.45) is -3.58. The fourth-order valence-electron chi connectivity index (χ4n) is 1.72. The molecule has 0 aliphatic rings. The van der Waals surface area contributed by atoms with E-state index in [-0.39, 0.29) is 5.69 Å². The Kier molecular flexibility index (Phi) is 2.76. The SMILES string of the molecule is CNC(=O)c1c(C)nc2ccc(C(F)(F)F)cn12. The molecule has 0 saturated carbocycles. The Morgan fingerprint density at radius 3 is 2.61 bits per heavy atom. The zero-order valence-electron chi connectivity index (χ0n) is 9.67. The molecule has 2 rings (SSSR count). The third-order valence-electron chi connectivity index (χ3n) is 2.56. The van der Waals surface area contributed by atoms with Crippen molar-refractivity contribution in [2.75, 3.05) is 7.05 Å². The monoisotopic (exact) mass is 257 g/mol. The lowest BCUT2D eigenvalue weighted by Crippen LogP contribution is -2.21. The molecular formula is C11H10F3N3O. The molecular weight excluding hydrogens is 247 g/mol. The number of imidazole rings is 1. The zero-order chi connectivity index (χ0) is 13.5. The highest BCUT2D eigenvalue weighted by Crippen LogP contribution is 2.29. The van der Waals surface area contributed by atoms with Crippen LogP contribution in [0.2, 0.25) is 0 Å². The lowest BCUT2D eigenvalue weighted by molar-refractivity contribution is -0.137. The Labute approximate surface area is 100 Å². The minimum Gasteiger partial charge on any atom is -0.354 e. The van der Waals surface area contributed by atoms with Gasteiger partial charge in [-0.2, -0.15) is 13.2 Å². The van der Waals surface area contributed by atoms with Gasteiger partial charge < -0.3 is 5.32 Å². The number of carbonyl (C=O) groups is 1. The maximum atomic E-state index is 12.6. The molecule has 4 nitrogen and oxygen atoms in total. The highest BCUT2D eigenvalue weighted by Gasteiger charge is 2.31. The lowest BCUT2D eigenvalue weighted by atomic mass is 10.2. The molecule has 0 atom stereocenters. The van der Waals surface area contributed by atoms with Crippen LogP contribution in [-0.2, 0) is 6.18 Å². The first kappa shape index (κ1) is 12.4. The zero-order valence-corrected chi connectivity index (χ0v) is 9.67. The molecule has 7 heteroatoms. The third-order valence-corrected chi connectivity index (χ3v) is 2.56. The summed E-state index contributed by atoms with van der Waals surface area (Å²) in [5.41, 5.74) is -0.0241. The van der Waals surface area contributed by atoms with E-state index >= 15 is 0 Å². The Balaban J connectivity index is 2.71. The predicted molar refractivity (Wildman–Crippen MR) is 58.3 cm³/mol. The van der Waals surface area contributed by atoms with E-state index in [0.29, 0.717) is 11.3 Å². The van der Waals surface area contributed by atoms with Crippen molar-refractivity contribution in [3.05, 3.63) is 35.3 Å². The summed E-state index contributed by atoms with van der Waals surface area (Å²) in [5, 5.41) is 2.38. The van der Waals surface area contributed by atoms with Crippen LogP contribution >= 0.6 is 0 Å². The maximum Gasteiger partial charge on any atom is 0.417 e. The van der Waals surface area contributed by atoms with Crippen molar-refractivity contribution in [1.29, 1.82) is 0 Å². The minimum atomic E-state index is -4.45. The van der Waals surface area contributed by atoms with Crippen LogP contribution in [0.25, 0.3) is 5.65 Å². The average molecular weight is 257 g/mol. The molecule has 2 aromatic heterocycles. The molecule has 1 amide bonds. The molecule has 2 aromatic rings. The van der Waals surface area contributed by atoms with E-state index in [1.165, 1.54) is 13.1 Å². The second-order valence-electron chi connectivity index (χ2n) is 3.77. The van der Waals surface area contributed by atoms with Crippen LogP contribution in [0.3, 0.4) is 0 Å². The third kappa shape index (κ3) is 1.92. The van der Waals surface area contributed by atoms with Gasteiger partial charge >= 0.3 is 6.18 Å². The van der Waals surface area contributed by atoms with Crippen LogP contribution in [0.15, 0.2) is 18.3 Å². The highest BCUT2D eigenvalue weighted by molar-refractivity contribution is 5.94. The van der Waals surface area contributed by atoms with Crippen LogP contribution in [-0.4, -0.2) is 22.3 Å². The summed E-state index contributed by atoms with van der Waals surface area (Å²) >= 11 is 0. The molecule has 96 valence electrons. The molecule has 0 bridgehead atoms. The quantitative estimate of drug-likeness (QED) is 0.849. The number of aromatic nitrogens is 2. The number of nitrogens with zero attached hydrogens (tertiary/aromatic N) is 2. The standard InChI is InChI=1S/C11H10F3N3O/c1-6-9(10(18)15-2)17-5-7(11(12,13)14)3-4-8(17)16-6/h3-5H,1-2H3,(H,15,18). The van der Waals surface area contributed by atoms with Crippen molar-refractivity contribution >= 4 is 11.6 Å². The van der Waals surface area contributed by atoms with Crippen molar-refractivity contribution < 1.29 is 18.0 Å². The van der Waals surface area contributed by atoms with Crippen molar-refractivity contribution in [2.24, 2.45) is 0 Å². The van der Waals surface area contributed by atoms with Crippen LogP contribution in [0.1, 0.15) is 21.7 Å². The van der Waals surface area contributed by atoms with Gasteiger partial charge in [0.15, 0.2) is 0 Å². The predicted octanol–water partition coefficient (Wildman–Crippen LogP) is 2.02. The number of carbonyl (C=O) groups excluding carboxylic acids is 1. The number of amides is 1.